The molecule has 0 unspecified atom stereocenters. The molecule has 0 atom stereocenters. The maximum atomic E-state index is 12.8. The molecule has 3 rings (SSSR count). The minimum Gasteiger partial charge on any atom is -0.360 e. The maximum absolute atomic E-state index is 12.8. The lowest BCUT2D eigenvalue weighted by Gasteiger charge is -2.07. The van der Waals surface area contributed by atoms with E-state index in [9.17, 15) is 18.0 Å². The first-order valence-electron chi connectivity index (χ1n) is 7.11. The van der Waals surface area contributed by atoms with Gasteiger partial charge in [0.05, 0.1) is 5.56 Å². The summed E-state index contributed by atoms with van der Waals surface area (Å²) in [5.74, 6) is 0.917. The molecule has 0 aliphatic carbocycles. The molecule has 0 bridgehead atoms. The van der Waals surface area contributed by atoms with Gasteiger partial charge in [0.1, 0.15) is 5.76 Å². The Hall–Kier alpha value is -2.56. The summed E-state index contributed by atoms with van der Waals surface area (Å²) in [6.45, 7) is 1.70. The zero-order chi connectivity index (χ0) is 18.0. The van der Waals surface area contributed by atoms with Gasteiger partial charge < -0.3 is 9.84 Å². The lowest BCUT2D eigenvalue weighted by molar-refractivity contribution is -0.137. The van der Waals surface area contributed by atoms with Crippen LogP contribution in [0.5, 0.6) is 0 Å². The van der Waals surface area contributed by atoms with Gasteiger partial charge in [-0.15, -0.1) is 10.2 Å². The van der Waals surface area contributed by atoms with Gasteiger partial charge in [0, 0.05) is 24.4 Å². The largest absolute Gasteiger partial charge is 0.417 e. The number of nitrogens with zero attached hydrogens (tertiary/aromatic N) is 4. The second-order valence-electron chi connectivity index (χ2n) is 5.10. The molecule has 1 amide bonds. The molecule has 0 aromatic carbocycles. The topological polar surface area (TPSA) is 85.3 Å². The van der Waals surface area contributed by atoms with Crippen molar-refractivity contribution in [3.05, 3.63) is 35.7 Å². The average molecular weight is 371 g/mol. The predicted octanol–water partition coefficient (Wildman–Crippen LogP) is 3.17. The molecule has 0 fully saturated rings. The van der Waals surface area contributed by atoms with Crippen molar-refractivity contribution in [1.29, 1.82) is 0 Å². The number of carbonyl (C=O) groups excluding carboxylic acids is 1. The minimum absolute atomic E-state index is 0.129. The quantitative estimate of drug-likeness (QED) is 0.694. The highest BCUT2D eigenvalue weighted by atomic mass is 32.2. The number of rotatable bonds is 5. The van der Waals surface area contributed by atoms with Crippen LogP contribution < -0.4 is 5.32 Å². The first-order valence-corrected chi connectivity index (χ1v) is 8.09. The van der Waals surface area contributed by atoms with Crippen LogP contribution in [0.1, 0.15) is 17.7 Å². The van der Waals surface area contributed by atoms with Crippen molar-refractivity contribution in [1.82, 2.24) is 19.8 Å². The number of carbonyl (C=O) groups is 1. The number of pyridine rings is 1. The third-order valence-electron chi connectivity index (χ3n) is 3.15. The second kappa shape index (κ2) is 6.75. The van der Waals surface area contributed by atoms with E-state index in [2.05, 4.69) is 20.7 Å². The van der Waals surface area contributed by atoms with Crippen molar-refractivity contribution in [2.24, 2.45) is 0 Å². The standard InChI is InChI=1S/C14H12F3N5O2S/c1-8-6-10(21-24-8)18-12(23)4-5-25-13-20-19-11-3-2-9(7-22(11)13)14(15,16)17/h2-3,6-7H,4-5H2,1H3,(H,18,21,23). The van der Waals surface area contributed by atoms with Crippen LogP contribution in [0.2, 0.25) is 0 Å². The maximum Gasteiger partial charge on any atom is 0.417 e. The van der Waals surface area contributed by atoms with E-state index in [1.807, 2.05) is 0 Å². The number of aromatic nitrogens is 4. The van der Waals surface area contributed by atoms with Crippen LogP contribution in [0.3, 0.4) is 0 Å². The fraction of sp³-hybridized carbons (Fsp3) is 0.286. The fourth-order valence-corrected chi connectivity index (χ4v) is 2.86. The first kappa shape index (κ1) is 17.3. The number of anilines is 1. The van der Waals surface area contributed by atoms with Crippen molar-refractivity contribution in [2.45, 2.75) is 24.7 Å². The Bertz CT molecular complexity index is 905. The molecule has 0 saturated heterocycles. The number of aryl methyl sites for hydroxylation is 1. The van der Waals surface area contributed by atoms with E-state index < -0.39 is 11.7 Å². The van der Waals surface area contributed by atoms with Gasteiger partial charge in [0.25, 0.3) is 0 Å². The van der Waals surface area contributed by atoms with Gasteiger partial charge in [-0.05, 0) is 19.1 Å². The van der Waals surface area contributed by atoms with Crippen LogP contribution in [0.15, 0.2) is 34.1 Å². The molecule has 11 heteroatoms. The first-order chi connectivity index (χ1) is 11.8. The molecule has 0 radical (unpaired) electrons. The van der Waals surface area contributed by atoms with Crippen LogP contribution in [-0.2, 0) is 11.0 Å². The third kappa shape index (κ3) is 4.10. The van der Waals surface area contributed by atoms with Crippen LogP contribution in [0, 0.1) is 6.92 Å². The summed E-state index contributed by atoms with van der Waals surface area (Å²) in [6, 6.07) is 3.78. The van der Waals surface area contributed by atoms with E-state index in [-0.39, 0.29) is 17.5 Å². The average Bonchev–Trinajstić information content (AvgIpc) is 3.12. The van der Waals surface area contributed by atoms with Gasteiger partial charge in [-0.3, -0.25) is 9.20 Å². The van der Waals surface area contributed by atoms with E-state index in [1.54, 1.807) is 13.0 Å². The summed E-state index contributed by atoms with van der Waals surface area (Å²) in [7, 11) is 0. The Balaban J connectivity index is 1.62. The van der Waals surface area contributed by atoms with E-state index >= 15 is 0 Å². The van der Waals surface area contributed by atoms with E-state index in [1.165, 1.54) is 10.5 Å². The Kier molecular flexibility index (Phi) is 4.66. The molecule has 3 heterocycles. The predicted molar refractivity (Wildman–Crippen MR) is 83.2 cm³/mol. The molecule has 0 aliphatic rings. The summed E-state index contributed by atoms with van der Waals surface area (Å²) in [5, 5.41) is 14.1. The molecule has 0 aliphatic heterocycles. The number of halogens is 3. The van der Waals surface area contributed by atoms with Gasteiger partial charge >= 0.3 is 6.18 Å². The van der Waals surface area contributed by atoms with E-state index in [4.69, 9.17) is 4.52 Å². The van der Waals surface area contributed by atoms with Gasteiger partial charge in [-0.1, -0.05) is 16.9 Å². The summed E-state index contributed by atoms with van der Waals surface area (Å²) < 4.78 is 44.5. The number of alkyl halides is 3. The number of fused-ring (bicyclic) bond motifs is 1. The van der Waals surface area contributed by atoms with Gasteiger partial charge in [0.15, 0.2) is 16.6 Å². The fourth-order valence-electron chi connectivity index (χ4n) is 2.00. The van der Waals surface area contributed by atoms with Crippen LogP contribution in [-0.4, -0.2) is 31.4 Å². The highest BCUT2D eigenvalue weighted by molar-refractivity contribution is 7.99. The highest BCUT2D eigenvalue weighted by Gasteiger charge is 2.31. The Morgan fingerprint density at radius 2 is 2.16 bits per heavy atom. The van der Waals surface area contributed by atoms with Crippen LogP contribution >= 0.6 is 11.8 Å². The summed E-state index contributed by atoms with van der Waals surface area (Å²) >= 11 is 1.14. The Morgan fingerprint density at radius 3 is 2.84 bits per heavy atom. The third-order valence-corrected chi connectivity index (χ3v) is 4.10. The molecule has 3 aromatic rings. The van der Waals surface area contributed by atoms with Crippen molar-refractivity contribution in [3.8, 4) is 0 Å². The van der Waals surface area contributed by atoms with Gasteiger partial charge in [-0.2, -0.15) is 13.2 Å². The van der Waals surface area contributed by atoms with Crippen molar-refractivity contribution in [3.63, 3.8) is 0 Å². The number of hydrogen-bond donors (Lipinski definition) is 1. The Labute approximate surface area is 143 Å². The summed E-state index contributed by atoms with van der Waals surface area (Å²) in [5.41, 5.74) is -0.487. The molecule has 25 heavy (non-hydrogen) atoms. The van der Waals surface area contributed by atoms with Crippen LogP contribution in [0.4, 0.5) is 19.0 Å². The van der Waals surface area contributed by atoms with E-state index in [0.29, 0.717) is 23.0 Å². The summed E-state index contributed by atoms with van der Waals surface area (Å²) in [6.07, 6.45) is -3.38. The van der Waals surface area contributed by atoms with Gasteiger partial charge in [-0.25, -0.2) is 0 Å². The lowest BCUT2D eigenvalue weighted by atomic mass is 10.3. The van der Waals surface area contributed by atoms with Crippen molar-refractivity contribution >= 4 is 29.1 Å². The molecule has 3 aromatic heterocycles. The number of hydrogen-bond acceptors (Lipinski definition) is 6. The second-order valence-corrected chi connectivity index (χ2v) is 6.16. The molecule has 132 valence electrons. The van der Waals surface area contributed by atoms with Crippen molar-refractivity contribution < 1.29 is 22.5 Å². The number of nitrogens with one attached hydrogen (secondary N) is 1. The van der Waals surface area contributed by atoms with Gasteiger partial charge in [0.2, 0.25) is 5.91 Å². The number of thioether (sulfide) groups is 1. The molecular formula is C14H12F3N5O2S. The molecular weight excluding hydrogens is 359 g/mol. The Morgan fingerprint density at radius 1 is 1.36 bits per heavy atom. The van der Waals surface area contributed by atoms with Crippen molar-refractivity contribution in [2.75, 3.05) is 11.1 Å². The summed E-state index contributed by atoms with van der Waals surface area (Å²) in [4.78, 5) is 11.8. The highest BCUT2D eigenvalue weighted by Crippen LogP contribution is 2.30. The number of amides is 1. The zero-order valence-electron chi connectivity index (χ0n) is 12.9. The SMILES string of the molecule is Cc1cc(NC(=O)CCSc2nnc3ccc(C(F)(F)F)cn23)no1. The molecule has 0 saturated carbocycles. The zero-order valence-corrected chi connectivity index (χ0v) is 13.7. The molecule has 0 spiro atoms. The molecule has 1 N–H and O–H groups in total. The lowest BCUT2D eigenvalue weighted by Crippen LogP contribution is -2.12. The minimum atomic E-state index is -4.45. The van der Waals surface area contributed by atoms with Crippen LogP contribution in [0.25, 0.3) is 5.65 Å². The normalized spacial score (nSPS) is 11.8. The monoisotopic (exact) mass is 371 g/mol. The van der Waals surface area contributed by atoms with E-state index in [0.717, 1.165) is 24.0 Å². The smallest absolute Gasteiger partial charge is 0.360 e. The molecule has 7 nitrogen and oxygen atoms in total.